The molecule has 0 spiro atoms. The number of benzene rings is 2. The number of carbonyl (C=O) groups excluding carboxylic acids is 1. The number of hydrogen-bond donors (Lipinski definition) is 2. The Bertz CT molecular complexity index is 1280. The van der Waals surface area contributed by atoms with Crippen molar-refractivity contribution in [1.29, 1.82) is 0 Å². The lowest BCUT2D eigenvalue weighted by Crippen LogP contribution is -2.44. The van der Waals surface area contributed by atoms with E-state index in [0.717, 1.165) is 10.0 Å². The number of thioether (sulfide) groups is 1. The summed E-state index contributed by atoms with van der Waals surface area (Å²) in [5, 5.41) is 2.77. The van der Waals surface area contributed by atoms with Crippen LogP contribution in [0, 0.1) is 6.92 Å². The van der Waals surface area contributed by atoms with Gasteiger partial charge in [0.2, 0.25) is 15.9 Å². The Balaban J connectivity index is 1.85. The first kappa shape index (κ1) is 23.6. The molecule has 31 heavy (non-hydrogen) atoms. The van der Waals surface area contributed by atoms with Crippen LogP contribution in [0.4, 0.5) is 5.69 Å². The highest BCUT2D eigenvalue weighted by atomic mass is 79.9. The summed E-state index contributed by atoms with van der Waals surface area (Å²) in [4.78, 5) is 24.5. The molecule has 0 saturated heterocycles. The molecule has 0 saturated carbocycles. The van der Waals surface area contributed by atoms with Crippen LogP contribution in [0.25, 0.3) is 11.1 Å². The van der Waals surface area contributed by atoms with Crippen molar-refractivity contribution in [2.75, 3.05) is 17.3 Å². The van der Waals surface area contributed by atoms with Crippen LogP contribution in [0.3, 0.4) is 0 Å². The maximum Gasteiger partial charge on any atom is 0.419 e. The predicted octanol–water partition coefficient (Wildman–Crippen LogP) is 3.24. The van der Waals surface area contributed by atoms with Crippen molar-refractivity contribution in [1.82, 2.24) is 9.29 Å². The number of aryl methyl sites for hydroxylation is 2. The molecule has 1 aromatic heterocycles. The highest BCUT2D eigenvalue weighted by molar-refractivity contribution is 9.10. The van der Waals surface area contributed by atoms with E-state index in [1.54, 1.807) is 12.1 Å². The van der Waals surface area contributed by atoms with E-state index in [1.807, 2.05) is 19.2 Å². The van der Waals surface area contributed by atoms with Gasteiger partial charge in [0.05, 0.1) is 10.4 Å². The van der Waals surface area contributed by atoms with E-state index in [2.05, 4.69) is 26.0 Å². The Morgan fingerprint density at radius 1 is 1.26 bits per heavy atom. The van der Waals surface area contributed by atoms with Gasteiger partial charge in [-0.25, -0.2) is 13.2 Å². The van der Waals surface area contributed by atoms with Crippen molar-refractivity contribution in [2.45, 2.75) is 24.3 Å². The molecular weight excluding hydrogens is 506 g/mol. The Hall–Kier alpha value is -2.08. The van der Waals surface area contributed by atoms with Crippen LogP contribution in [0.2, 0.25) is 0 Å². The minimum Gasteiger partial charge on any atom is -0.408 e. The molecule has 0 aliphatic heterocycles. The Labute approximate surface area is 192 Å². The lowest BCUT2D eigenvalue weighted by atomic mass is 10.2. The Kier molecular flexibility index (Phi) is 7.30. The summed E-state index contributed by atoms with van der Waals surface area (Å²) in [7, 11) is -2.50. The molecule has 1 unspecified atom stereocenters. The Morgan fingerprint density at radius 3 is 2.68 bits per heavy atom. The van der Waals surface area contributed by atoms with Crippen molar-refractivity contribution in [3.8, 4) is 0 Å². The zero-order valence-corrected chi connectivity index (χ0v) is 20.4. The van der Waals surface area contributed by atoms with E-state index in [4.69, 9.17) is 4.42 Å². The summed E-state index contributed by atoms with van der Waals surface area (Å²) in [6.07, 6.45) is 2.19. The van der Waals surface area contributed by atoms with E-state index in [-0.39, 0.29) is 10.5 Å². The molecule has 0 aliphatic rings. The molecule has 1 amide bonds. The number of halogens is 1. The maximum absolute atomic E-state index is 13.0. The second kappa shape index (κ2) is 9.60. The first-order valence-corrected chi connectivity index (χ1v) is 13.0. The van der Waals surface area contributed by atoms with Crippen LogP contribution < -0.4 is 15.8 Å². The van der Waals surface area contributed by atoms with Gasteiger partial charge in [0.1, 0.15) is 6.04 Å². The van der Waals surface area contributed by atoms with Gasteiger partial charge < -0.3 is 9.73 Å². The fourth-order valence-electron chi connectivity index (χ4n) is 2.97. The van der Waals surface area contributed by atoms with Crippen LogP contribution >= 0.6 is 27.7 Å². The molecule has 166 valence electrons. The number of sulfonamides is 1. The zero-order chi connectivity index (χ0) is 22.8. The molecule has 8 nitrogen and oxygen atoms in total. The molecule has 3 rings (SSSR count). The van der Waals surface area contributed by atoms with Gasteiger partial charge in [0.15, 0.2) is 5.58 Å². The minimum atomic E-state index is -4.04. The SMILES string of the molecule is CSCCC(NS(=O)(=O)c1ccc2c(c1)oc(=O)n2C)C(=O)Nc1ccc(Br)c(C)c1. The van der Waals surface area contributed by atoms with Gasteiger partial charge in [-0.05, 0) is 61.2 Å². The second-order valence-electron chi connectivity index (χ2n) is 6.97. The maximum atomic E-state index is 13.0. The predicted molar refractivity (Wildman–Crippen MR) is 126 cm³/mol. The third-order valence-corrected chi connectivity index (χ3v) is 7.73. The standard InChI is InChI=1S/C20H22BrN3O5S2/c1-12-10-13(4-6-15(12)21)22-19(25)16(8-9-30-3)23-31(27,28)14-5-7-17-18(11-14)29-20(26)24(17)2/h4-7,10-11,16,23H,8-9H2,1-3H3,(H,22,25). The van der Waals surface area contributed by atoms with Crippen molar-refractivity contribution in [3.63, 3.8) is 0 Å². The molecule has 0 bridgehead atoms. The summed E-state index contributed by atoms with van der Waals surface area (Å²) < 4.78 is 35.7. The zero-order valence-electron chi connectivity index (χ0n) is 17.1. The summed E-state index contributed by atoms with van der Waals surface area (Å²) in [6.45, 7) is 1.89. The van der Waals surface area contributed by atoms with Crippen LogP contribution in [0.15, 0.2) is 55.0 Å². The van der Waals surface area contributed by atoms with Crippen LogP contribution in [0.1, 0.15) is 12.0 Å². The number of fused-ring (bicyclic) bond motifs is 1. The molecule has 11 heteroatoms. The number of hydrogen-bond acceptors (Lipinski definition) is 6. The lowest BCUT2D eigenvalue weighted by Gasteiger charge is -2.18. The number of aromatic nitrogens is 1. The van der Waals surface area contributed by atoms with Gasteiger partial charge in [-0.15, -0.1) is 0 Å². The topological polar surface area (TPSA) is 110 Å². The third kappa shape index (κ3) is 5.40. The largest absolute Gasteiger partial charge is 0.419 e. The monoisotopic (exact) mass is 527 g/mol. The lowest BCUT2D eigenvalue weighted by molar-refractivity contribution is -0.117. The van der Waals surface area contributed by atoms with Crippen molar-refractivity contribution in [3.05, 3.63) is 57.0 Å². The molecule has 2 aromatic carbocycles. The Morgan fingerprint density at radius 2 is 2.00 bits per heavy atom. The summed E-state index contributed by atoms with van der Waals surface area (Å²) in [5.41, 5.74) is 2.15. The first-order valence-electron chi connectivity index (χ1n) is 9.30. The number of rotatable bonds is 8. The van der Waals surface area contributed by atoms with Gasteiger partial charge in [0.25, 0.3) is 0 Å². The highest BCUT2D eigenvalue weighted by Crippen LogP contribution is 2.21. The van der Waals surface area contributed by atoms with Gasteiger partial charge in [-0.1, -0.05) is 15.9 Å². The first-order chi connectivity index (χ1) is 14.6. The van der Waals surface area contributed by atoms with Gasteiger partial charge in [0, 0.05) is 23.3 Å². The van der Waals surface area contributed by atoms with Crippen LogP contribution in [0.5, 0.6) is 0 Å². The molecule has 1 heterocycles. The molecule has 0 fully saturated rings. The minimum absolute atomic E-state index is 0.0872. The molecule has 3 aromatic rings. The molecule has 1 atom stereocenters. The van der Waals surface area contributed by atoms with E-state index < -0.39 is 27.7 Å². The molecule has 2 N–H and O–H groups in total. The number of oxazole rings is 1. The van der Waals surface area contributed by atoms with Crippen molar-refractivity contribution < 1.29 is 17.6 Å². The average Bonchev–Trinajstić information content (AvgIpc) is 3.01. The van der Waals surface area contributed by atoms with Crippen molar-refractivity contribution >= 4 is 60.4 Å². The van der Waals surface area contributed by atoms with Gasteiger partial charge in [-0.2, -0.15) is 16.5 Å². The quantitative estimate of drug-likeness (QED) is 0.465. The normalized spacial score (nSPS) is 12.8. The fraction of sp³-hybridized carbons (Fsp3) is 0.300. The van der Waals surface area contributed by atoms with E-state index >= 15 is 0 Å². The number of amides is 1. The van der Waals surface area contributed by atoms with E-state index in [0.29, 0.717) is 23.4 Å². The van der Waals surface area contributed by atoms with Crippen molar-refractivity contribution in [2.24, 2.45) is 7.05 Å². The third-order valence-electron chi connectivity index (χ3n) is 4.72. The van der Waals surface area contributed by atoms with E-state index in [9.17, 15) is 18.0 Å². The average molecular weight is 528 g/mol. The summed E-state index contributed by atoms with van der Waals surface area (Å²) in [6, 6.07) is 8.53. The van der Waals surface area contributed by atoms with Gasteiger partial charge in [-0.3, -0.25) is 9.36 Å². The molecular formula is C20H22BrN3O5S2. The smallest absolute Gasteiger partial charge is 0.408 e. The van der Waals surface area contributed by atoms with Crippen LogP contribution in [-0.4, -0.2) is 36.9 Å². The van der Waals surface area contributed by atoms with Gasteiger partial charge >= 0.3 is 5.76 Å². The highest BCUT2D eigenvalue weighted by Gasteiger charge is 2.26. The molecule has 0 aliphatic carbocycles. The number of carbonyl (C=O) groups is 1. The van der Waals surface area contributed by atoms with Crippen LogP contribution in [-0.2, 0) is 21.9 Å². The number of nitrogens with zero attached hydrogens (tertiary/aromatic N) is 1. The summed E-state index contributed by atoms with van der Waals surface area (Å²) >= 11 is 4.92. The van der Waals surface area contributed by atoms with E-state index in [1.165, 1.54) is 41.6 Å². The number of anilines is 1. The second-order valence-corrected chi connectivity index (χ2v) is 10.5. The number of nitrogens with one attached hydrogen (secondary N) is 2. The molecule has 0 radical (unpaired) electrons. The fourth-order valence-corrected chi connectivity index (χ4v) is 4.93. The summed E-state index contributed by atoms with van der Waals surface area (Å²) in [5.74, 6) is -0.446.